The number of rotatable bonds is 5. The Morgan fingerprint density at radius 2 is 2.21 bits per heavy atom. The van der Waals surface area contributed by atoms with E-state index in [1.807, 2.05) is 12.1 Å². The van der Waals surface area contributed by atoms with E-state index >= 15 is 0 Å². The Labute approximate surface area is 94.5 Å². The quantitative estimate of drug-likeness (QED) is 0.819. The van der Waals surface area contributed by atoms with Crippen LogP contribution in [0.1, 0.15) is 18.7 Å². The lowest BCUT2D eigenvalue weighted by molar-refractivity contribution is 0.459. The van der Waals surface area contributed by atoms with Gasteiger partial charge in [-0.05, 0) is 18.1 Å². The molecule has 1 aromatic rings. The van der Waals surface area contributed by atoms with Crippen molar-refractivity contribution in [2.24, 2.45) is 11.7 Å². The van der Waals surface area contributed by atoms with Gasteiger partial charge in [0.15, 0.2) is 0 Å². The average Bonchev–Trinajstić information content (AvgIpc) is 2.51. The highest BCUT2D eigenvalue weighted by molar-refractivity contribution is 7.16. The van der Waals surface area contributed by atoms with Crippen LogP contribution in [0.5, 0.6) is 0 Å². The van der Waals surface area contributed by atoms with E-state index in [1.54, 1.807) is 11.3 Å². The molecule has 3 N–H and O–H groups in total. The first kappa shape index (κ1) is 12.0. The first-order chi connectivity index (χ1) is 6.59. The van der Waals surface area contributed by atoms with Gasteiger partial charge in [-0.3, -0.25) is 0 Å². The molecule has 0 aliphatic carbocycles. The number of nitrogens with one attached hydrogen (secondary N) is 1. The Balaban J connectivity index is 2.22. The van der Waals surface area contributed by atoms with Gasteiger partial charge in [0, 0.05) is 24.0 Å². The van der Waals surface area contributed by atoms with Crippen molar-refractivity contribution in [2.45, 2.75) is 26.4 Å². The third-order valence-corrected chi connectivity index (χ3v) is 3.40. The van der Waals surface area contributed by atoms with Gasteiger partial charge in [0.05, 0.1) is 4.34 Å². The summed E-state index contributed by atoms with van der Waals surface area (Å²) in [6.07, 6.45) is 0. The van der Waals surface area contributed by atoms with E-state index in [2.05, 4.69) is 19.2 Å². The third-order valence-electron chi connectivity index (χ3n) is 2.16. The zero-order valence-electron chi connectivity index (χ0n) is 8.59. The minimum atomic E-state index is 0.227. The van der Waals surface area contributed by atoms with Crippen LogP contribution in [0.3, 0.4) is 0 Å². The van der Waals surface area contributed by atoms with Crippen molar-refractivity contribution in [3.8, 4) is 0 Å². The fraction of sp³-hybridized carbons (Fsp3) is 0.600. The van der Waals surface area contributed by atoms with Crippen molar-refractivity contribution in [2.75, 3.05) is 6.54 Å². The summed E-state index contributed by atoms with van der Waals surface area (Å²) >= 11 is 7.43. The molecule has 0 aliphatic heterocycles. The van der Waals surface area contributed by atoms with Crippen LogP contribution >= 0.6 is 22.9 Å². The van der Waals surface area contributed by atoms with Crippen molar-refractivity contribution < 1.29 is 0 Å². The summed E-state index contributed by atoms with van der Waals surface area (Å²) in [7, 11) is 0. The summed E-state index contributed by atoms with van der Waals surface area (Å²) in [6, 6.07) is 4.19. The van der Waals surface area contributed by atoms with Gasteiger partial charge in [0.25, 0.3) is 0 Å². The zero-order valence-corrected chi connectivity index (χ0v) is 10.2. The summed E-state index contributed by atoms with van der Waals surface area (Å²) in [5.41, 5.74) is 5.90. The highest BCUT2D eigenvalue weighted by Gasteiger charge is 2.06. The molecule has 0 fully saturated rings. The van der Waals surface area contributed by atoms with Crippen molar-refractivity contribution in [1.82, 2.24) is 5.32 Å². The normalized spacial score (nSPS) is 13.5. The Kier molecular flexibility index (Phi) is 4.89. The lowest BCUT2D eigenvalue weighted by atomic mass is 10.1. The summed E-state index contributed by atoms with van der Waals surface area (Å²) < 4.78 is 0.843. The third kappa shape index (κ3) is 3.96. The molecule has 0 bridgehead atoms. The van der Waals surface area contributed by atoms with Crippen molar-refractivity contribution in [3.63, 3.8) is 0 Å². The van der Waals surface area contributed by atoms with Gasteiger partial charge in [-0.2, -0.15) is 0 Å². The molecule has 14 heavy (non-hydrogen) atoms. The van der Waals surface area contributed by atoms with Crippen LogP contribution in [0.15, 0.2) is 12.1 Å². The Morgan fingerprint density at radius 1 is 1.50 bits per heavy atom. The van der Waals surface area contributed by atoms with Gasteiger partial charge < -0.3 is 11.1 Å². The maximum absolute atomic E-state index is 5.90. The SMILES string of the molecule is CC(C)C(N)CNCc1ccc(Cl)s1. The molecular weight excluding hydrogens is 216 g/mol. The molecule has 80 valence electrons. The summed E-state index contributed by atoms with van der Waals surface area (Å²) in [5.74, 6) is 0.523. The Bertz CT molecular complexity index is 273. The van der Waals surface area contributed by atoms with Gasteiger partial charge in [0.2, 0.25) is 0 Å². The fourth-order valence-electron chi connectivity index (χ4n) is 1.04. The molecule has 0 aliphatic rings. The molecule has 0 radical (unpaired) electrons. The highest BCUT2D eigenvalue weighted by Crippen LogP contribution is 2.20. The Hall–Kier alpha value is -0.0900. The molecule has 0 saturated heterocycles. The minimum Gasteiger partial charge on any atom is -0.326 e. The number of hydrogen-bond acceptors (Lipinski definition) is 3. The van der Waals surface area contributed by atoms with Gasteiger partial charge in [-0.15, -0.1) is 11.3 Å². The number of nitrogens with two attached hydrogens (primary N) is 1. The topological polar surface area (TPSA) is 38.0 Å². The summed E-state index contributed by atoms with van der Waals surface area (Å²) in [6.45, 7) is 5.98. The first-order valence-electron chi connectivity index (χ1n) is 4.80. The summed E-state index contributed by atoms with van der Waals surface area (Å²) in [4.78, 5) is 1.26. The van der Waals surface area contributed by atoms with E-state index in [0.29, 0.717) is 5.92 Å². The molecule has 0 spiro atoms. The number of thiophene rings is 1. The molecule has 0 amide bonds. The molecule has 1 heterocycles. The van der Waals surface area contributed by atoms with Gasteiger partial charge in [-0.1, -0.05) is 25.4 Å². The maximum atomic E-state index is 5.90. The smallest absolute Gasteiger partial charge is 0.0931 e. The van der Waals surface area contributed by atoms with Crippen molar-refractivity contribution in [1.29, 1.82) is 0 Å². The standard InChI is InChI=1S/C10H17ClN2S/c1-7(2)9(12)6-13-5-8-3-4-10(11)14-8/h3-4,7,9,13H,5-6,12H2,1-2H3. The molecule has 1 unspecified atom stereocenters. The first-order valence-corrected chi connectivity index (χ1v) is 5.99. The highest BCUT2D eigenvalue weighted by atomic mass is 35.5. The van der Waals surface area contributed by atoms with Crippen LogP contribution in [0.2, 0.25) is 4.34 Å². The van der Waals surface area contributed by atoms with Gasteiger partial charge in [-0.25, -0.2) is 0 Å². The van der Waals surface area contributed by atoms with Crippen LogP contribution in [0, 0.1) is 5.92 Å². The molecule has 2 nitrogen and oxygen atoms in total. The molecular formula is C10H17ClN2S. The van der Waals surface area contributed by atoms with Crippen LogP contribution in [0.4, 0.5) is 0 Å². The van der Waals surface area contributed by atoms with E-state index in [0.717, 1.165) is 17.4 Å². The predicted molar refractivity (Wildman–Crippen MR) is 63.8 cm³/mol. The molecule has 0 aromatic carbocycles. The summed E-state index contributed by atoms with van der Waals surface area (Å²) in [5, 5.41) is 3.32. The second kappa shape index (κ2) is 5.71. The predicted octanol–water partition coefficient (Wildman–Crippen LogP) is 2.47. The minimum absolute atomic E-state index is 0.227. The number of hydrogen-bond donors (Lipinski definition) is 2. The monoisotopic (exact) mass is 232 g/mol. The second-order valence-electron chi connectivity index (χ2n) is 3.74. The van der Waals surface area contributed by atoms with Gasteiger partial charge >= 0.3 is 0 Å². The number of halogens is 1. The molecule has 4 heteroatoms. The van der Waals surface area contributed by atoms with Crippen LogP contribution in [0.25, 0.3) is 0 Å². The van der Waals surface area contributed by atoms with E-state index in [9.17, 15) is 0 Å². The van der Waals surface area contributed by atoms with E-state index in [-0.39, 0.29) is 6.04 Å². The average molecular weight is 233 g/mol. The lowest BCUT2D eigenvalue weighted by Crippen LogP contribution is -2.37. The lowest BCUT2D eigenvalue weighted by Gasteiger charge is -2.15. The van der Waals surface area contributed by atoms with E-state index in [4.69, 9.17) is 17.3 Å². The maximum Gasteiger partial charge on any atom is 0.0931 e. The fourth-order valence-corrected chi connectivity index (χ4v) is 2.10. The largest absolute Gasteiger partial charge is 0.326 e. The molecule has 1 rings (SSSR count). The molecule has 0 saturated carbocycles. The van der Waals surface area contributed by atoms with Crippen LogP contribution in [-0.2, 0) is 6.54 Å². The second-order valence-corrected chi connectivity index (χ2v) is 5.54. The molecule has 1 atom stereocenters. The van der Waals surface area contributed by atoms with E-state index in [1.165, 1.54) is 4.88 Å². The molecule has 1 aromatic heterocycles. The van der Waals surface area contributed by atoms with Crippen molar-refractivity contribution >= 4 is 22.9 Å². The van der Waals surface area contributed by atoms with E-state index < -0.39 is 0 Å². The zero-order chi connectivity index (χ0) is 10.6. The van der Waals surface area contributed by atoms with Gasteiger partial charge in [0.1, 0.15) is 0 Å². The van der Waals surface area contributed by atoms with Crippen molar-refractivity contribution in [3.05, 3.63) is 21.3 Å². The van der Waals surface area contributed by atoms with Crippen LogP contribution in [-0.4, -0.2) is 12.6 Å². The Morgan fingerprint density at radius 3 is 2.71 bits per heavy atom. The van der Waals surface area contributed by atoms with Crippen LogP contribution < -0.4 is 11.1 Å².